The van der Waals surface area contributed by atoms with Crippen LogP contribution in [-0.4, -0.2) is 25.7 Å². The van der Waals surface area contributed by atoms with E-state index in [2.05, 4.69) is 20.4 Å². The lowest BCUT2D eigenvalue weighted by Crippen LogP contribution is -2.23. The molecule has 1 amide bonds. The van der Waals surface area contributed by atoms with Crippen molar-refractivity contribution in [3.8, 4) is 10.6 Å². The van der Waals surface area contributed by atoms with Crippen LogP contribution in [-0.2, 0) is 13.1 Å². The highest BCUT2D eigenvalue weighted by Crippen LogP contribution is 2.28. The molecule has 4 rings (SSSR count). The van der Waals surface area contributed by atoms with Crippen LogP contribution in [0.1, 0.15) is 26.5 Å². The molecule has 0 aliphatic rings. The maximum Gasteiger partial charge on any atom is 0.263 e. The van der Waals surface area contributed by atoms with Crippen LogP contribution < -0.4 is 5.32 Å². The zero-order valence-electron chi connectivity index (χ0n) is 15.7. The first-order chi connectivity index (χ1) is 14.1. The third-order valence-electron chi connectivity index (χ3n) is 4.45. The number of nitrogens with zero attached hydrogens (tertiary/aromatic N) is 4. The minimum Gasteiger partial charge on any atom is -0.347 e. The average Bonchev–Trinajstić information content (AvgIpc) is 3.37. The maximum atomic E-state index is 13.1. The molecule has 0 bridgehead atoms. The summed E-state index contributed by atoms with van der Waals surface area (Å²) in [6, 6.07) is 14.0. The number of nitrogens with one attached hydrogen (secondary N) is 1. The molecule has 4 aromatic rings. The lowest BCUT2D eigenvalue weighted by atomic mass is 10.1. The Hall–Kier alpha value is -3.39. The summed E-state index contributed by atoms with van der Waals surface area (Å²) in [6.07, 6.45) is 3.16. The van der Waals surface area contributed by atoms with Gasteiger partial charge in [-0.1, -0.05) is 24.3 Å². The molecule has 6 nitrogen and oxygen atoms in total. The number of halogens is 1. The number of aromatic nitrogens is 4. The summed E-state index contributed by atoms with van der Waals surface area (Å²) in [4.78, 5) is 21.7. The van der Waals surface area contributed by atoms with E-state index in [1.165, 1.54) is 29.8 Å². The van der Waals surface area contributed by atoms with Crippen molar-refractivity contribution in [3.63, 3.8) is 0 Å². The summed E-state index contributed by atoms with van der Waals surface area (Å²) in [5.74, 6) is -0.478. The van der Waals surface area contributed by atoms with Gasteiger partial charge in [-0.25, -0.2) is 19.0 Å². The lowest BCUT2D eigenvalue weighted by Gasteiger charge is -2.10. The van der Waals surface area contributed by atoms with Crippen molar-refractivity contribution in [3.05, 3.63) is 88.7 Å². The highest BCUT2D eigenvalue weighted by atomic mass is 32.1. The molecule has 0 unspecified atom stereocenters. The number of hydrogen-bond acceptors (Lipinski definition) is 5. The van der Waals surface area contributed by atoms with Gasteiger partial charge < -0.3 is 5.32 Å². The Bertz CT molecular complexity index is 1120. The quantitative estimate of drug-likeness (QED) is 0.527. The number of carbonyl (C=O) groups is 1. The van der Waals surface area contributed by atoms with Gasteiger partial charge in [0.2, 0.25) is 0 Å². The molecular weight excluding hydrogens is 389 g/mol. The lowest BCUT2D eigenvalue weighted by molar-refractivity contribution is 0.0954. The summed E-state index contributed by atoms with van der Waals surface area (Å²) in [6.45, 7) is 2.78. The van der Waals surface area contributed by atoms with E-state index in [-0.39, 0.29) is 11.7 Å². The minimum atomic E-state index is -0.301. The standard InChI is InChI=1S/C21H18FN5OS/c1-14-19(29-21(26-14)15-6-8-18(22)9-7-15)20(28)24-10-16-4-2-3-5-17(16)11-27-13-23-12-25-27/h2-9,12-13H,10-11H2,1H3,(H,24,28). The first-order valence-corrected chi connectivity index (χ1v) is 9.82. The van der Waals surface area contributed by atoms with Crippen molar-refractivity contribution in [2.75, 3.05) is 0 Å². The fourth-order valence-electron chi connectivity index (χ4n) is 2.95. The smallest absolute Gasteiger partial charge is 0.263 e. The summed E-state index contributed by atoms with van der Waals surface area (Å²) in [5, 5.41) is 7.80. The molecule has 0 atom stereocenters. The first kappa shape index (κ1) is 18.9. The normalized spacial score (nSPS) is 10.8. The number of carbonyl (C=O) groups excluding carboxylic acids is 1. The Labute approximate surface area is 171 Å². The molecule has 0 saturated carbocycles. The Kier molecular flexibility index (Phi) is 5.44. The number of benzene rings is 2. The molecule has 2 heterocycles. The third kappa shape index (κ3) is 4.38. The van der Waals surface area contributed by atoms with Gasteiger partial charge in [-0.3, -0.25) is 4.79 Å². The van der Waals surface area contributed by atoms with E-state index in [0.29, 0.717) is 28.7 Å². The van der Waals surface area contributed by atoms with Gasteiger partial charge in [0.05, 0.1) is 12.2 Å². The molecule has 0 aliphatic carbocycles. The fourth-order valence-corrected chi connectivity index (χ4v) is 3.94. The molecule has 0 spiro atoms. The number of thiazole rings is 1. The van der Waals surface area contributed by atoms with E-state index in [9.17, 15) is 9.18 Å². The van der Waals surface area contributed by atoms with Crippen LogP contribution in [0.3, 0.4) is 0 Å². The van der Waals surface area contributed by atoms with Gasteiger partial charge in [0.25, 0.3) is 5.91 Å². The second kappa shape index (κ2) is 8.32. The van der Waals surface area contributed by atoms with Crippen LogP contribution in [0, 0.1) is 12.7 Å². The predicted molar refractivity (Wildman–Crippen MR) is 109 cm³/mol. The minimum absolute atomic E-state index is 0.177. The summed E-state index contributed by atoms with van der Waals surface area (Å²) < 4.78 is 14.9. The van der Waals surface area contributed by atoms with Crippen molar-refractivity contribution < 1.29 is 9.18 Å². The summed E-state index contributed by atoms with van der Waals surface area (Å²) in [5.41, 5.74) is 3.52. The third-order valence-corrected chi connectivity index (χ3v) is 5.66. The molecule has 0 fully saturated rings. The molecule has 29 heavy (non-hydrogen) atoms. The molecule has 1 N–H and O–H groups in total. The van der Waals surface area contributed by atoms with Gasteiger partial charge in [0, 0.05) is 12.1 Å². The Morgan fingerprint density at radius 1 is 1.14 bits per heavy atom. The van der Waals surface area contributed by atoms with Crippen LogP contribution in [0.2, 0.25) is 0 Å². The molecule has 0 aliphatic heterocycles. The van der Waals surface area contributed by atoms with Gasteiger partial charge in [0.1, 0.15) is 28.4 Å². The van der Waals surface area contributed by atoms with Crippen LogP contribution in [0.4, 0.5) is 4.39 Å². The van der Waals surface area contributed by atoms with Gasteiger partial charge >= 0.3 is 0 Å². The van der Waals surface area contributed by atoms with Gasteiger partial charge in [-0.2, -0.15) is 5.10 Å². The average molecular weight is 407 g/mol. The SMILES string of the molecule is Cc1nc(-c2ccc(F)cc2)sc1C(=O)NCc1ccccc1Cn1cncn1. The predicted octanol–water partition coefficient (Wildman–Crippen LogP) is 3.83. The van der Waals surface area contributed by atoms with E-state index < -0.39 is 0 Å². The van der Waals surface area contributed by atoms with Crippen LogP contribution in [0.15, 0.2) is 61.2 Å². The van der Waals surface area contributed by atoms with Gasteiger partial charge in [-0.05, 0) is 42.3 Å². The van der Waals surface area contributed by atoms with Crippen LogP contribution in [0.5, 0.6) is 0 Å². The van der Waals surface area contributed by atoms with Crippen molar-refractivity contribution in [2.24, 2.45) is 0 Å². The highest BCUT2D eigenvalue weighted by Gasteiger charge is 2.16. The van der Waals surface area contributed by atoms with Crippen molar-refractivity contribution >= 4 is 17.2 Å². The molecular formula is C21H18FN5OS. The van der Waals surface area contributed by atoms with E-state index in [1.807, 2.05) is 24.3 Å². The Balaban J connectivity index is 1.47. The molecule has 8 heteroatoms. The topological polar surface area (TPSA) is 72.7 Å². The van der Waals surface area contributed by atoms with Crippen LogP contribution in [0.25, 0.3) is 10.6 Å². The van der Waals surface area contributed by atoms with Crippen LogP contribution >= 0.6 is 11.3 Å². The Morgan fingerprint density at radius 3 is 2.62 bits per heavy atom. The van der Waals surface area contributed by atoms with E-state index in [0.717, 1.165) is 16.7 Å². The fraction of sp³-hybridized carbons (Fsp3) is 0.143. The van der Waals surface area contributed by atoms with E-state index in [1.54, 1.807) is 30.1 Å². The van der Waals surface area contributed by atoms with E-state index in [4.69, 9.17) is 0 Å². The zero-order chi connectivity index (χ0) is 20.2. The van der Waals surface area contributed by atoms with Gasteiger partial charge in [-0.15, -0.1) is 11.3 Å². The maximum absolute atomic E-state index is 13.1. The highest BCUT2D eigenvalue weighted by molar-refractivity contribution is 7.17. The molecule has 2 aromatic heterocycles. The summed E-state index contributed by atoms with van der Waals surface area (Å²) >= 11 is 1.30. The van der Waals surface area contributed by atoms with Crippen molar-refractivity contribution in [2.45, 2.75) is 20.0 Å². The second-order valence-electron chi connectivity index (χ2n) is 6.48. The largest absolute Gasteiger partial charge is 0.347 e. The summed E-state index contributed by atoms with van der Waals surface area (Å²) in [7, 11) is 0. The van der Waals surface area contributed by atoms with Crippen molar-refractivity contribution in [1.29, 1.82) is 0 Å². The molecule has 0 saturated heterocycles. The van der Waals surface area contributed by atoms with Gasteiger partial charge in [0.15, 0.2) is 0 Å². The first-order valence-electron chi connectivity index (χ1n) is 9.01. The molecule has 146 valence electrons. The number of hydrogen-bond donors (Lipinski definition) is 1. The number of rotatable bonds is 6. The molecule has 0 radical (unpaired) electrons. The number of amides is 1. The van der Waals surface area contributed by atoms with Crippen molar-refractivity contribution in [1.82, 2.24) is 25.1 Å². The zero-order valence-corrected chi connectivity index (χ0v) is 16.5. The second-order valence-corrected chi connectivity index (χ2v) is 7.48. The van der Waals surface area contributed by atoms with E-state index >= 15 is 0 Å². The Morgan fingerprint density at radius 2 is 1.90 bits per heavy atom. The monoisotopic (exact) mass is 407 g/mol. The number of aryl methyl sites for hydroxylation is 1. The molecule has 2 aromatic carbocycles.